The van der Waals surface area contributed by atoms with Crippen molar-refractivity contribution < 1.29 is 14.0 Å². The molecule has 0 aliphatic heterocycles. The Balaban J connectivity index is 2.39. The Morgan fingerprint density at radius 3 is 2.39 bits per heavy atom. The fourth-order valence-electron chi connectivity index (χ4n) is 2.33. The highest BCUT2D eigenvalue weighted by atomic mass is 16.5. The van der Waals surface area contributed by atoms with Crippen LogP contribution in [0.5, 0.6) is 0 Å². The third-order valence-electron chi connectivity index (χ3n) is 4.04. The van der Waals surface area contributed by atoms with Crippen LogP contribution in [-0.2, 0) is 9.53 Å². The molecule has 3 nitrogen and oxygen atoms in total. The van der Waals surface area contributed by atoms with Gasteiger partial charge in [0.05, 0.1) is 25.2 Å². The third kappa shape index (κ3) is 3.98. The van der Waals surface area contributed by atoms with Gasteiger partial charge in [-0.1, -0.05) is 18.2 Å². The van der Waals surface area contributed by atoms with Gasteiger partial charge in [0.2, 0.25) is 0 Å². The third-order valence-corrected chi connectivity index (χ3v) is 4.04. The molecule has 0 spiro atoms. The maximum Gasteiger partial charge on any atom is 0.337 e. The first-order chi connectivity index (χ1) is 8.67. The molecule has 1 rings (SSSR count). The number of rotatable bonds is 7. The van der Waals surface area contributed by atoms with Gasteiger partial charge in [-0.3, -0.25) is 0 Å². The average Bonchev–Trinajstić information content (AvgIpc) is 2.45. The largest absolute Gasteiger partial charge is 0.456 e. The zero-order valence-corrected chi connectivity index (χ0v) is 11.9. The van der Waals surface area contributed by atoms with Gasteiger partial charge >= 0.3 is 5.97 Å². The number of carbonyl (C=O) groups excluding carboxylic acids is 1. The summed E-state index contributed by atoms with van der Waals surface area (Å²) in [5, 5.41) is 0. The Morgan fingerprint density at radius 2 is 1.89 bits per heavy atom. The van der Waals surface area contributed by atoms with Gasteiger partial charge < -0.3 is 9.22 Å². The average molecular weight is 252 g/mol. The predicted octanol–water partition coefficient (Wildman–Crippen LogP) is 2.68. The molecule has 18 heavy (non-hydrogen) atoms. The number of hydrogen-bond acceptors (Lipinski definition) is 2. The van der Waals surface area contributed by atoms with E-state index in [2.05, 4.69) is 20.8 Å². The van der Waals surface area contributed by atoms with Gasteiger partial charge in [-0.05, 0) is 33.6 Å². The van der Waals surface area contributed by atoms with Gasteiger partial charge in [-0.2, -0.15) is 0 Å². The van der Waals surface area contributed by atoms with E-state index in [-0.39, 0.29) is 5.97 Å². The van der Waals surface area contributed by atoms with Crippen molar-refractivity contribution in [1.82, 2.24) is 0 Å². The van der Waals surface area contributed by atoms with E-state index in [1.807, 2.05) is 18.2 Å². The number of ether oxygens (including phenoxy) is 1. The molecule has 0 amide bonds. The zero-order valence-electron chi connectivity index (χ0n) is 11.9. The van der Waals surface area contributed by atoms with Crippen molar-refractivity contribution >= 4 is 5.97 Å². The molecule has 0 aromatic rings. The minimum Gasteiger partial charge on any atom is -0.456 e. The van der Waals surface area contributed by atoms with Gasteiger partial charge in [-0.15, -0.1) is 0 Å². The number of esters is 1. The van der Waals surface area contributed by atoms with E-state index in [9.17, 15) is 4.79 Å². The van der Waals surface area contributed by atoms with Crippen molar-refractivity contribution in [3.05, 3.63) is 23.8 Å². The Hall–Kier alpha value is -1.09. The standard InChI is InChI=1S/C15H26NO2/c1-4-16(5-2,6-3)12-13-18-15(17)14-10-8-7-9-11-14/h8,10-11H,4-7,9,12-13H2,1-3H3/q+1. The normalized spacial score (nSPS) is 15.4. The Bertz CT molecular complexity index is 319. The van der Waals surface area contributed by atoms with Gasteiger partial charge in [-0.25, -0.2) is 4.79 Å². The molecule has 0 atom stereocenters. The summed E-state index contributed by atoms with van der Waals surface area (Å²) in [4.78, 5) is 11.8. The van der Waals surface area contributed by atoms with Crippen LogP contribution in [0.4, 0.5) is 0 Å². The zero-order chi connectivity index (χ0) is 13.4. The predicted molar refractivity (Wildman–Crippen MR) is 74.2 cm³/mol. The van der Waals surface area contributed by atoms with E-state index in [0.717, 1.165) is 43.5 Å². The SMILES string of the molecule is CC[N+](CC)(CC)CCOC(=O)C1=CCCC=C1. The van der Waals surface area contributed by atoms with Gasteiger partial charge in [0, 0.05) is 0 Å². The molecular weight excluding hydrogens is 226 g/mol. The summed E-state index contributed by atoms with van der Waals surface area (Å²) < 4.78 is 6.38. The van der Waals surface area contributed by atoms with Gasteiger partial charge in [0.1, 0.15) is 13.2 Å². The first kappa shape index (κ1) is 15.0. The highest BCUT2D eigenvalue weighted by Crippen LogP contribution is 2.11. The summed E-state index contributed by atoms with van der Waals surface area (Å²) in [5.74, 6) is -0.174. The molecule has 0 N–H and O–H groups in total. The molecule has 1 aliphatic rings. The molecule has 0 saturated heterocycles. The van der Waals surface area contributed by atoms with Crippen LogP contribution in [0.2, 0.25) is 0 Å². The van der Waals surface area contributed by atoms with Crippen LogP contribution >= 0.6 is 0 Å². The van der Waals surface area contributed by atoms with Crippen LogP contribution in [0.1, 0.15) is 33.6 Å². The van der Waals surface area contributed by atoms with Crippen LogP contribution in [-0.4, -0.2) is 43.2 Å². The lowest BCUT2D eigenvalue weighted by Gasteiger charge is -2.35. The Morgan fingerprint density at radius 1 is 1.22 bits per heavy atom. The number of carbonyl (C=O) groups is 1. The first-order valence-corrected chi connectivity index (χ1v) is 7.06. The Kier molecular flexibility index (Phi) is 6.13. The lowest BCUT2D eigenvalue weighted by Crippen LogP contribution is -2.49. The summed E-state index contributed by atoms with van der Waals surface area (Å²) in [6.07, 6.45) is 7.83. The highest BCUT2D eigenvalue weighted by molar-refractivity contribution is 5.91. The van der Waals surface area contributed by atoms with E-state index in [4.69, 9.17) is 4.74 Å². The van der Waals surface area contributed by atoms with Crippen molar-refractivity contribution in [3.63, 3.8) is 0 Å². The quantitative estimate of drug-likeness (QED) is 0.514. The van der Waals surface area contributed by atoms with Crippen molar-refractivity contribution in [2.24, 2.45) is 0 Å². The van der Waals surface area contributed by atoms with Crippen LogP contribution in [0.15, 0.2) is 23.8 Å². The van der Waals surface area contributed by atoms with Gasteiger partial charge in [0.15, 0.2) is 0 Å². The second kappa shape index (κ2) is 7.37. The van der Waals surface area contributed by atoms with E-state index in [1.165, 1.54) is 0 Å². The summed E-state index contributed by atoms with van der Waals surface area (Å²) in [5.41, 5.74) is 0.712. The molecule has 102 valence electrons. The number of quaternary nitrogens is 1. The monoisotopic (exact) mass is 252 g/mol. The summed E-state index contributed by atoms with van der Waals surface area (Å²) >= 11 is 0. The highest BCUT2D eigenvalue weighted by Gasteiger charge is 2.21. The lowest BCUT2D eigenvalue weighted by atomic mass is 10.1. The number of nitrogens with zero attached hydrogens (tertiary/aromatic N) is 1. The molecule has 3 heteroatoms. The Labute approximate surface area is 111 Å². The molecule has 0 unspecified atom stereocenters. The maximum atomic E-state index is 11.8. The van der Waals surface area contributed by atoms with Crippen LogP contribution in [0.3, 0.4) is 0 Å². The number of likely N-dealkylation sites (N-methyl/N-ethyl adjacent to an activating group) is 1. The molecule has 0 bridgehead atoms. The van der Waals surface area contributed by atoms with Crippen molar-refractivity contribution in [1.29, 1.82) is 0 Å². The van der Waals surface area contributed by atoms with E-state index in [0.29, 0.717) is 12.2 Å². The van der Waals surface area contributed by atoms with Crippen molar-refractivity contribution in [3.8, 4) is 0 Å². The topological polar surface area (TPSA) is 26.3 Å². The van der Waals surface area contributed by atoms with Gasteiger partial charge in [0.25, 0.3) is 0 Å². The molecule has 1 aliphatic carbocycles. The minimum atomic E-state index is -0.174. The second-order valence-corrected chi connectivity index (χ2v) is 4.79. The number of allylic oxidation sites excluding steroid dienone is 2. The lowest BCUT2D eigenvalue weighted by molar-refractivity contribution is -0.923. The fourth-order valence-corrected chi connectivity index (χ4v) is 2.33. The molecule has 0 radical (unpaired) electrons. The maximum absolute atomic E-state index is 11.8. The molecule has 0 heterocycles. The van der Waals surface area contributed by atoms with Crippen LogP contribution in [0, 0.1) is 0 Å². The molecule has 0 aromatic heterocycles. The van der Waals surface area contributed by atoms with E-state index in [1.54, 1.807) is 0 Å². The summed E-state index contributed by atoms with van der Waals surface area (Å²) in [6, 6.07) is 0. The van der Waals surface area contributed by atoms with Crippen molar-refractivity contribution in [2.45, 2.75) is 33.6 Å². The first-order valence-electron chi connectivity index (χ1n) is 7.06. The molecule has 0 fully saturated rings. The molecule has 0 saturated carbocycles. The van der Waals surface area contributed by atoms with Crippen molar-refractivity contribution in [2.75, 3.05) is 32.8 Å². The van der Waals surface area contributed by atoms with Crippen LogP contribution < -0.4 is 0 Å². The number of hydrogen-bond donors (Lipinski definition) is 0. The summed E-state index contributed by atoms with van der Waals surface area (Å²) in [6.45, 7) is 11.3. The van der Waals surface area contributed by atoms with E-state index >= 15 is 0 Å². The smallest absolute Gasteiger partial charge is 0.337 e. The summed E-state index contributed by atoms with van der Waals surface area (Å²) in [7, 11) is 0. The fraction of sp³-hybridized carbons (Fsp3) is 0.667. The molecular formula is C15H26NO2+. The second-order valence-electron chi connectivity index (χ2n) is 4.79. The molecule has 0 aromatic carbocycles. The van der Waals surface area contributed by atoms with Crippen LogP contribution in [0.25, 0.3) is 0 Å². The van der Waals surface area contributed by atoms with E-state index < -0.39 is 0 Å². The minimum absolute atomic E-state index is 0.174.